The molecule has 1 N–H and O–H groups in total. The maximum absolute atomic E-state index is 13.9. The fourth-order valence-electron chi connectivity index (χ4n) is 2.59. The predicted octanol–water partition coefficient (Wildman–Crippen LogP) is 3.56. The lowest BCUT2D eigenvalue weighted by atomic mass is 10.1. The van der Waals surface area contributed by atoms with E-state index in [9.17, 15) is 14.0 Å². The molecule has 3 rings (SSSR count). The molecule has 1 atom stereocenters. The first-order chi connectivity index (χ1) is 12.5. The molecule has 1 aromatic carbocycles. The number of halogens is 1. The van der Waals surface area contributed by atoms with Gasteiger partial charge in [0.05, 0.1) is 18.9 Å². The van der Waals surface area contributed by atoms with Gasteiger partial charge in [-0.25, -0.2) is 9.45 Å². The molecule has 1 saturated heterocycles. The zero-order chi connectivity index (χ0) is 18.7. The standard InChI is InChI=1S/C18H19FN2O4S/c1-11-8-21(24-9-11)18(23)12-5-13(19)7-14(6-12)20-17(22)16-4-3-15(25-16)10-26-2/h3-7,11H,8-10H2,1-2H3,(H,20,22). The molecule has 0 radical (unpaired) electrons. The zero-order valence-corrected chi connectivity index (χ0v) is 15.3. The lowest BCUT2D eigenvalue weighted by Gasteiger charge is -2.15. The number of thioether (sulfide) groups is 1. The van der Waals surface area contributed by atoms with E-state index in [1.807, 2.05) is 13.2 Å². The third-order valence-electron chi connectivity index (χ3n) is 3.79. The molecule has 1 aliphatic rings. The topological polar surface area (TPSA) is 71.8 Å². The minimum Gasteiger partial charge on any atom is -0.455 e. The Morgan fingerprint density at radius 2 is 2.15 bits per heavy atom. The van der Waals surface area contributed by atoms with E-state index in [1.54, 1.807) is 23.9 Å². The van der Waals surface area contributed by atoms with Gasteiger partial charge in [0.1, 0.15) is 11.6 Å². The maximum atomic E-state index is 13.9. The van der Waals surface area contributed by atoms with Crippen LogP contribution < -0.4 is 5.32 Å². The normalized spacial score (nSPS) is 16.7. The predicted molar refractivity (Wildman–Crippen MR) is 96.4 cm³/mol. The molecule has 0 aliphatic carbocycles. The van der Waals surface area contributed by atoms with Gasteiger partial charge in [-0.2, -0.15) is 11.8 Å². The molecule has 26 heavy (non-hydrogen) atoms. The second kappa shape index (κ2) is 7.92. The van der Waals surface area contributed by atoms with Crippen molar-refractivity contribution in [1.29, 1.82) is 0 Å². The first-order valence-electron chi connectivity index (χ1n) is 8.10. The number of amides is 2. The van der Waals surface area contributed by atoms with E-state index in [-0.39, 0.29) is 22.9 Å². The molecule has 0 spiro atoms. The second-order valence-electron chi connectivity index (χ2n) is 6.15. The van der Waals surface area contributed by atoms with Crippen molar-refractivity contribution in [2.75, 3.05) is 24.7 Å². The van der Waals surface area contributed by atoms with Gasteiger partial charge in [0.25, 0.3) is 11.8 Å². The van der Waals surface area contributed by atoms with E-state index in [4.69, 9.17) is 9.25 Å². The summed E-state index contributed by atoms with van der Waals surface area (Å²) in [5.41, 5.74) is 0.283. The Kier molecular flexibility index (Phi) is 5.63. The SMILES string of the molecule is CSCc1ccc(C(=O)Nc2cc(F)cc(C(=O)N3CC(C)CO3)c2)o1. The summed E-state index contributed by atoms with van der Waals surface area (Å²) in [6.45, 7) is 2.85. The van der Waals surface area contributed by atoms with Gasteiger partial charge in [-0.3, -0.25) is 14.4 Å². The van der Waals surface area contributed by atoms with Gasteiger partial charge in [0.2, 0.25) is 0 Å². The van der Waals surface area contributed by atoms with Crippen LogP contribution in [0.3, 0.4) is 0 Å². The lowest BCUT2D eigenvalue weighted by Crippen LogP contribution is -2.27. The van der Waals surface area contributed by atoms with Crippen LogP contribution in [0, 0.1) is 11.7 Å². The largest absolute Gasteiger partial charge is 0.455 e. The van der Waals surface area contributed by atoms with Gasteiger partial charge >= 0.3 is 0 Å². The van der Waals surface area contributed by atoms with Crippen LogP contribution in [-0.4, -0.2) is 36.3 Å². The average Bonchev–Trinajstić information content (AvgIpc) is 3.23. The van der Waals surface area contributed by atoms with E-state index in [0.29, 0.717) is 24.7 Å². The summed E-state index contributed by atoms with van der Waals surface area (Å²) in [6.07, 6.45) is 1.93. The van der Waals surface area contributed by atoms with E-state index in [0.717, 1.165) is 12.1 Å². The van der Waals surface area contributed by atoms with Crippen molar-refractivity contribution in [2.24, 2.45) is 5.92 Å². The summed E-state index contributed by atoms with van der Waals surface area (Å²) in [7, 11) is 0. The third kappa shape index (κ3) is 4.25. The number of nitrogens with zero attached hydrogens (tertiary/aromatic N) is 1. The summed E-state index contributed by atoms with van der Waals surface area (Å²) < 4.78 is 19.4. The number of nitrogens with one attached hydrogen (secondary N) is 1. The van der Waals surface area contributed by atoms with E-state index < -0.39 is 17.6 Å². The second-order valence-corrected chi connectivity index (χ2v) is 7.01. The third-order valence-corrected chi connectivity index (χ3v) is 4.37. The molecule has 0 bridgehead atoms. The molecule has 1 fully saturated rings. The number of hydroxylamine groups is 2. The molecule has 6 nitrogen and oxygen atoms in total. The fraction of sp³-hybridized carbons (Fsp3) is 0.333. The summed E-state index contributed by atoms with van der Waals surface area (Å²) in [4.78, 5) is 30.0. The van der Waals surface area contributed by atoms with Crippen molar-refractivity contribution < 1.29 is 23.2 Å². The van der Waals surface area contributed by atoms with Crippen LogP contribution in [0.2, 0.25) is 0 Å². The number of hydrogen-bond acceptors (Lipinski definition) is 5. The number of carbonyl (C=O) groups excluding carboxylic acids is 2. The first kappa shape index (κ1) is 18.5. The molecule has 8 heteroatoms. The maximum Gasteiger partial charge on any atom is 0.291 e. The van der Waals surface area contributed by atoms with Crippen LogP contribution in [0.1, 0.15) is 33.6 Å². The molecule has 2 amide bonds. The molecule has 0 saturated carbocycles. The van der Waals surface area contributed by atoms with Crippen LogP contribution in [-0.2, 0) is 10.6 Å². The minimum atomic E-state index is -0.624. The van der Waals surface area contributed by atoms with E-state index in [1.165, 1.54) is 11.1 Å². The van der Waals surface area contributed by atoms with Crippen LogP contribution in [0.4, 0.5) is 10.1 Å². The molecule has 2 aromatic rings. The average molecular weight is 378 g/mol. The Morgan fingerprint density at radius 3 is 2.85 bits per heavy atom. The summed E-state index contributed by atoms with van der Waals surface area (Å²) in [5, 5.41) is 3.77. The van der Waals surface area contributed by atoms with Crippen molar-refractivity contribution >= 4 is 29.3 Å². The number of anilines is 1. The minimum absolute atomic E-state index is 0.108. The number of benzene rings is 1. The highest BCUT2D eigenvalue weighted by atomic mass is 32.2. The van der Waals surface area contributed by atoms with Gasteiger partial charge in [-0.05, 0) is 36.6 Å². The molecule has 1 unspecified atom stereocenters. The smallest absolute Gasteiger partial charge is 0.291 e. The van der Waals surface area contributed by atoms with Crippen molar-refractivity contribution in [3.05, 3.63) is 53.2 Å². The van der Waals surface area contributed by atoms with Gasteiger partial charge in [0, 0.05) is 17.2 Å². The van der Waals surface area contributed by atoms with Crippen molar-refractivity contribution in [2.45, 2.75) is 12.7 Å². The van der Waals surface area contributed by atoms with Gasteiger partial charge < -0.3 is 9.73 Å². The molecular weight excluding hydrogens is 359 g/mol. The summed E-state index contributed by atoms with van der Waals surface area (Å²) in [5.74, 6) is 0.111. The van der Waals surface area contributed by atoms with Crippen molar-refractivity contribution in [3.63, 3.8) is 0 Å². The molecule has 138 valence electrons. The van der Waals surface area contributed by atoms with Crippen molar-refractivity contribution in [3.8, 4) is 0 Å². The Hall–Kier alpha value is -2.32. The monoisotopic (exact) mass is 378 g/mol. The Bertz CT molecular complexity index is 823. The first-order valence-corrected chi connectivity index (χ1v) is 9.50. The number of rotatable bonds is 5. The molecule has 1 aliphatic heterocycles. The highest BCUT2D eigenvalue weighted by Gasteiger charge is 2.26. The van der Waals surface area contributed by atoms with E-state index in [2.05, 4.69) is 5.32 Å². The molecular formula is C18H19FN2O4S. The Labute approximate surface area is 154 Å². The van der Waals surface area contributed by atoms with Crippen LogP contribution >= 0.6 is 11.8 Å². The highest BCUT2D eigenvalue weighted by Crippen LogP contribution is 2.21. The van der Waals surface area contributed by atoms with Crippen LogP contribution in [0.5, 0.6) is 0 Å². The summed E-state index contributed by atoms with van der Waals surface area (Å²) >= 11 is 1.57. The number of carbonyl (C=O) groups is 2. The highest BCUT2D eigenvalue weighted by molar-refractivity contribution is 7.97. The number of hydrogen-bond donors (Lipinski definition) is 1. The lowest BCUT2D eigenvalue weighted by molar-refractivity contribution is -0.0772. The van der Waals surface area contributed by atoms with Crippen LogP contribution in [0.15, 0.2) is 34.7 Å². The quantitative estimate of drug-likeness (QED) is 0.861. The molecule has 1 aromatic heterocycles. The fourth-order valence-corrected chi connectivity index (χ4v) is 3.03. The van der Waals surface area contributed by atoms with Gasteiger partial charge in [0.15, 0.2) is 5.76 Å². The Balaban J connectivity index is 1.74. The van der Waals surface area contributed by atoms with Crippen molar-refractivity contribution in [1.82, 2.24) is 5.06 Å². The van der Waals surface area contributed by atoms with Gasteiger partial charge in [-0.1, -0.05) is 6.92 Å². The summed E-state index contributed by atoms with van der Waals surface area (Å²) in [6, 6.07) is 6.96. The van der Waals surface area contributed by atoms with E-state index >= 15 is 0 Å². The Morgan fingerprint density at radius 1 is 1.35 bits per heavy atom. The van der Waals surface area contributed by atoms with Crippen LogP contribution in [0.25, 0.3) is 0 Å². The number of furan rings is 1. The molecule has 2 heterocycles. The van der Waals surface area contributed by atoms with Gasteiger partial charge in [-0.15, -0.1) is 0 Å². The zero-order valence-electron chi connectivity index (χ0n) is 14.5.